The molecular formula is C9H11N3O3. The highest BCUT2D eigenvalue weighted by Gasteiger charge is 2.41. The molecule has 0 saturated carbocycles. The van der Waals surface area contributed by atoms with Crippen molar-refractivity contribution in [3.05, 3.63) is 30.1 Å². The predicted molar refractivity (Wildman–Crippen MR) is 52.2 cm³/mol. The Hall–Kier alpha value is -1.79. The van der Waals surface area contributed by atoms with Crippen LogP contribution >= 0.6 is 0 Å². The molecule has 0 aromatic carbocycles. The molecule has 0 aliphatic heterocycles. The van der Waals surface area contributed by atoms with Gasteiger partial charge in [0.15, 0.2) is 11.3 Å². The average molecular weight is 209 g/mol. The summed E-state index contributed by atoms with van der Waals surface area (Å²) in [6, 6.07) is 2.78. The van der Waals surface area contributed by atoms with Crippen LogP contribution in [-0.4, -0.2) is 33.9 Å². The Bertz CT molecular complexity index is 379. The van der Waals surface area contributed by atoms with Crippen molar-refractivity contribution in [2.24, 2.45) is 11.5 Å². The van der Waals surface area contributed by atoms with Crippen molar-refractivity contribution in [3.8, 4) is 0 Å². The zero-order valence-corrected chi connectivity index (χ0v) is 7.88. The molecule has 1 heterocycles. The number of carboxylic acids is 1. The van der Waals surface area contributed by atoms with E-state index in [2.05, 4.69) is 4.98 Å². The number of hydrogen-bond donors (Lipinski definition) is 3. The van der Waals surface area contributed by atoms with Gasteiger partial charge in [-0.1, -0.05) is 0 Å². The van der Waals surface area contributed by atoms with Crippen molar-refractivity contribution in [2.75, 3.05) is 6.54 Å². The number of carbonyl (C=O) groups excluding carboxylic acids is 1. The predicted octanol–water partition coefficient (Wildman–Crippen LogP) is -0.995. The molecule has 0 aliphatic rings. The Morgan fingerprint density at radius 3 is 2.33 bits per heavy atom. The van der Waals surface area contributed by atoms with Crippen molar-refractivity contribution < 1.29 is 14.7 Å². The van der Waals surface area contributed by atoms with Gasteiger partial charge >= 0.3 is 5.97 Å². The molecular weight excluding hydrogens is 198 g/mol. The first kappa shape index (κ1) is 11.3. The average Bonchev–Trinajstić information content (AvgIpc) is 2.28. The number of aliphatic carboxylic acids is 1. The minimum atomic E-state index is -2.07. The van der Waals surface area contributed by atoms with E-state index in [1.54, 1.807) is 0 Å². The van der Waals surface area contributed by atoms with Gasteiger partial charge in [0.25, 0.3) is 0 Å². The van der Waals surface area contributed by atoms with E-state index in [9.17, 15) is 9.59 Å². The molecule has 6 heteroatoms. The zero-order chi connectivity index (χ0) is 11.5. The highest BCUT2D eigenvalue weighted by Crippen LogP contribution is 2.09. The van der Waals surface area contributed by atoms with Crippen LogP contribution in [0.5, 0.6) is 0 Å². The lowest BCUT2D eigenvalue weighted by atomic mass is 9.91. The summed E-state index contributed by atoms with van der Waals surface area (Å²) in [7, 11) is 0. The second-order valence-corrected chi connectivity index (χ2v) is 3.05. The topological polar surface area (TPSA) is 119 Å². The Morgan fingerprint density at radius 2 is 1.93 bits per heavy atom. The first-order valence-electron chi connectivity index (χ1n) is 4.19. The fraction of sp³-hybridized carbons (Fsp3) is 0.222. The van der Waals surface area contributed by atoms with Gasteiger partial charge in [-0.15, -0.1) is 0 Å². The molecule has 0 aliphatic carbocycles. The number of aromatic nitrogens is 1. The maximum Gasteiger partial charge on any atom is 0.333 e. The van der Waals surface area contributed by atoms with Crippen LogP contribution in [0.1, 0.15) is 10.4 Å². The molecule has 1 unspecified atom stereocenters. The van der Waals surface area contributed by atoms with E-state index in [0.717, 1.165) is 0 Å². The fourth-order valence-electron chi connectivity index (χ4n) is 1.04. The van der Waals surface area contributed by atoms with Crippen LogP contribution < -0.4 is 11.5 Å². The first-order chi connectivity index (χ1) is 7.02. The summed E-state index contributed by atoms with van der Waals surface area (Å²) in [5.41, 5.74) is 8.74. The number of ketones is 1. The number of nitrogens with two attached hydrogens (primary N) is 2. The summed E-state index contributed by atoms with van der Waals surface area (Å²) in [5, 5.41) is 8.82. The Labute approximate surface area is 85.9 Å². The molecule has 15 heavy (non-hydrogen) atoms. The van der Waals surface area contributed by atoms with Gasteiger partial charge < -0.3 is 16.6 Å². The molecule has 0 amide bonds. The van der Waals surface area contributed by atoms with Crippen LogP contribution in [0.25, 0.3) is 0 Å². The Morgan fingerprint density at radius 1 is 1.40 bits per heavy atom. The number of nitrogens with zero attached hydrogens (tertiary/aromatic N) is 1. The van der Waals surface area contributed by atoms with Crippen molar-refractivity contribution in [2.45, 2.75) is 5.54 Å². The van der Waals surface area contributed by atoms with Crippen LogP contribution in [0.4, 0.5) is 0 Å². The van der Waals surface area contributed by atoms with Crippen molar-refractivity contribution >= 4 is 11.8 Å². The van der Waals surface area contributed by atoms with Gasteiger partial charge in [-0.2, -0.15) is 0 Å². The summed E-state index contributed by atoms with van der Waals surface area (Å²) < 4.78 is 0. The lowest BCUT2D eigenvalue weighted by molar-refractivity contribution is -0.140. The van der Waals surface area contributed by atoms with E-state index in [1.165, 1.54) is 24.5 Å². The van der Waals surface area contributed by atoms with Gasteiger partial charge in [-0.05, 0) is 12.1 Å². The van der Waals surface area contributed by atoms with Gasteiger partial charge in [0.2, 0.25) is 0 Å². The van der Waals surface area contributed by atoms with Gasteiger partial charge in [-0.3, -0.25) is 9.78 Å². The lowest BCUT2D eigenvalue weighted by Gasteiger charge is -2.20. The van der Waals surface area contributed by atoms with E-state index in [-0.39, 0.29) is 5.56 Å². The van der Waals surface area contributed by atoms with Gasteiger partial charge in [0.05, 0.1) is 0 Å². The molecule has 0 saturated heterocycles. The van der Waals surface area contributed by atoms with E-state index in [0.29, 0.717) is 0 Å². The van der Waals surface area contributed by atoms with Crippen LogP contribution in [0.2, 0.25) is 0 Å². The van der Waals surface area contributed by atoms with Crippen LogP contribution in [0.3, 0.4) is 0 Å². The molecule has 1 aromatic heterocycles. The van der Waals surface area contributed by atoms with Gasteiger partial charge in [0.1, 0.15) is 0 Å². The third kappa shape index (κ3) is 2.00. The summed E-state index contributed by atoms with van der Waals surface area (Å²) in [6.45, 7) is -0.455. The molecule has 5 N–H and O–H groups in total. The summed E-state index contributed by atoms with van der Waals surface area (Å²) >= 11 is 0. The number of carbonyl (C=O) groups is 2. The zero-order valence-electron chi connectivity index (χ0n) is 7.88. The molecule has 1 rings (SSSR count). The number of hydrogen-bond acceptors (Lipinski definition) is 5. The Kier molecular flexibility index (Phi) is 3.13. The highest BCUT2D eigenvalue weighted by atomic mass is 16.4. The van der Waals surface area contributed by atoms with Crippen molar-refractivity contribution in [3.63, 3.8) is 0 Å². The molecule has 0 bridgehead atoms. The first-order valence-corrected chi connectivity index (χ1v) is 4.19. The molecule has 1 aromatic rings. The maximum absolute atomic E-state index is 11.7. The SMILES string of the molecule is NCC(N)(C(=O)O)C(=O)c1ccncc1. The fourth-order valence-corrected chi connectivity index (χ4v) is 1.04. The number of pyridine rings is 1. The van der Waals surface area contributed by atoms with Crippen LogP contribution in [0.15, 0.2) is 24.5 Å². The monoisotopic (exact) mass is 209 g/mol. The molecule has 80 valence electrons. The molecule has 0 radical (unpaired) electrons. The van der Waals surface area contributed by atoms with E-state index in [4.69, 9.17) is 16.6 Å². The van der Waals surface area contributed by atoms with E-state index in [1.807, 2.05) is 0 Å². The molecule has 0 fully saturated rings. The normalized spacial score (nSPS) is 14.3. The minimum Gasteiger partial charge on any atom is -0.479 e. The number of carboxylic acid groups (broad SMARTS) is 1. The molecule has 0 spiro atoms. The van der Waals surface area contributed by atoms with Crippen LogP contribution in [0, 0.1) is 0 Å². The van der Waals surface area contributed by atoms with Gasteiger partial charge in [-0.25, -0.2) is 4.79 Å². The summed E-state index contributed by atoms with van der Waals surface area (Å²) in [5.74, 6) is -2.16. The third-order valence-corrected chi connectivity index (χ3v) is 2.05. The highest BCUT2D eigenvalue weighted by molar-refractivity contribution is 6.16. The quantitative estimate of drug-likeness (QED) is 0.432. The van der Waals surface area contributed by atoms with Gasteiger partial charge in [0, 0.05) is 24.5 Å². The number of rotatable bonds is 4. The summed E-state index contributed by atoms with van der Waals surface area (Å²) in [6.07, 6.45) is 2.76. The third-order valence-electron chi connectivity index (χ3n) is 2.05. The molecule has 6 nitrogen and oxygen atoms in total. The Balaban J connectivity index is 3.08. The van der Waals surface area contributed by atoms with Crippen molar-refractivity contribution in [1.82, 2.24) is 4.98 Å². The second kappa shape index (κ2) is 4.16. The van der Waals surface area contributed by atoms with Crippen molar-refractivity contribution in [1.29, 1.82) is 0 Å². The van der Waals surface area contributed by atoms with E-state index >= 15 is 0 Å². The largest absolute Gasteiger partial charge is 0.479 e. The van der Waals surface area contributed by atoms with E-state index < -0.39 is 23.8 Å². The molecule has 1 atom stereocenters. The summed E-state index contributed by atoms with van der Waals surface area (Å²) in [4.78, 5) is 26.3. The number of Topliss-reactive ketones (excluding diaryl/α,β-unsaturated/α-hetero) is 1. The second-order valence-electron chi connectivity index (χ2n) is 3.05. The lowest BCUT2D eigenvalue weighted by Crippen LogP contribution is -2.60. The maximum atomic E-state index is 11.7. The smallest absolute Gasteiger partial charge is 0.333 e. The minimum absolute atomic E-state index is 0.181. The standard InChI is InChI=1S/C9H11N3O3/c10-5-9(11,8(14)15)7(13)6-1-3-12-4-2-6/h1-4H,5,10-11H2,(H,14,15). The van der Waals surface area contributed by atoms with Crippen LogP contribution in [-0.2, 0) is 4.79 Å².